The summed E-state index contributed by atoms with van der Waals surface area (Å²) in [5.41, 5.74) is 3.71. The van der Waals surface area contributed by atoms with Gasteiger partial charge in [0.2, 0.25) is 5.91 Å². The van der Waals surface area contributed by atoms with Gasteiger partial charge in [0.15, 0.2) is 0 Å². The molecule has 0 heterocycles. The highest BCUT2D eigenvalue weighted by molar-refractivity contribution is 5.88. The highest BCUT2D eigenvalue weighted by Crippen LogP contribution is 2.44. The molecule has 7 heteroatoms. The zero-order chi connectivity index (χ0) is 25.2. The van der Waals surface area contributed by atoms with Crippen molar-refractivity contribution in [3.8, 4) is 11.1 Å². The van der Waals surface area contributed by atoms with Crippen LogP contribution in [-0.4, -0.2) is 53.2 Å². The Bertz CT molecular complexity index is 1060. The van der Waals surface area contributed by atoms with Crippen molar-refractivity contribution in [2.24, 2.45) is 5.41 Å². The Hall–Kier alpha value is -3.35. The van der Waals surface area contributed by atoms with E-state index in [1.165, 1.54) is 4.90 Å². The van der Waals surface area contributed by atoms with Crippen LogP contribution in [0.15, 0.2) is 48.5 Å². The number of ether oxygens (including phenoxy) is 1. The fraction of sp³-hybridized carbons (Fsp3) is 0.464. The van der Waals surface area contributed by atoms with Crippen molar-refractivity contribution in [2.45, 2.75) is 64.5 Å². The highest BCUT2D eigenvalue weighted by Gasteiger charge is 2.46. The van der Waals surface area contributed by atoms with Crippen molar-refractivity contribution < 1.29 is 24.2 Å². The molecule has 2 aromatic carbocycles. The molecule has 0 spiro atoms. The molecule has 1 atom stereocenters. The van der Waals surface area contributed by atoms with Gasteiger partial charge in [0.25, 0.3) is 0 Å². The Balaban J connectivity index is 1.42. The van der Waals surface area contributed by atoms with Gasteiger partial charge in [-0.1, -0.05) is 62.4 Å². The molecule has 2 aromatic rings. The minimum atomic E-state index is -1.02. The first kappa shape index (κ1) is 24.8. The Kier molecular flexibility index (Phi) is 7.15. The van der Waals surface area contributed by atoms with Gasteiger partial charge in [-0.25, -0.2) is 9.59 Å². The van der Waals surface area contributed by atoms with Gasteiger partial charge >= 0.3 is 12.1 Å². The molecule has 7 nitrogen and oxygen atoms in total. The summed E-state index contributed by atoms with van der Waals surface area (Å²) in [6, 6.07) is 15.4. The summed E-state index contributed by atoms with van der Waals surface area (Å²) in [6.07, 6.45) is 2.03. The maximum Gasteiger partial charge on any atom is 0.407 e. The van der Waals surface area contributed by atoms with Gasteiger partial charge in [0, 0.05) is 18.5 Å². The number of hydrogen-bond donors (Lipinski definition) is 2. The van der Waals surface area contributed by atoms with Crippen LogP contribution in [0.2, 0.25) is 0 Å². The number of nitrogens with one attached hydrogen (secondary N) is 1. The van der Waals surface area contributed by atoms with Crippen LogP contribution in [0.1, 0.15) is 63.5 Å². The summed E-state index contributed by atoms with van der Waals surface area (Å²) in [5.74, 6) is -1.27. The number of fused-ring (bicyclic) bond motifs is 3. The zero-order valence-electron chi connectivity index (χ0n) is 20.6. The molecular formula is C28H34N2O5. The molecule has 2 N–H and O–H groups in total. The molecule has 2 aliphatic carbocycles. The predicted molar refractivity (Wildman–Crippen MR) is 133 cm³/mol. The molecule has 2 amide bonds. The van der Waals surface area contributed by atoms with Crippen LogP contribution >= 0.6 is 0 Å². The predicted octanol–water partition coefficient (Wildman–Crippen LogP) is 4.80. The van der Waals surface area contributed by atoms with Crippen LogP contribution in [0.4, 0.5) is 4.79 Å². The summed E-state index contributed by atoms with van der Waals surface area (Å²) in [4.78, 5) is 39.5. The van der Waals surface area contributed by atoms with E-state index in [0.29, 0.717) is 12.8 Å². The van der Waals surface area contributed by atoms with Crippen LogP contribution < -0.4 is 5.32 Å². The molecule has 35 heavy (non-hydrogen) atoms. The molecule has 0 radical (unpaired) electrons. The number of alkyl carbamates (subject to hydrolysis) is 1. The second-order valence-corrected chi connectivity index (χ2v) is 9.62. The number of benzene rings is 2. The average Bonchev–Trinajstić information content (AvgIpc) is 3.65. The van der Waals surface area contributed by atoms with E-state index >= 15 is 0 Å². The number of rotatable bonds is 10. The van der Waals surface area contributed by atoms with Gasteiger partial charge in [0.1, 0.15) is 12.6 Å². The minimum absolute atomic E-state index is 0.0412. The third-order valence-electron chi connectivity index (χ3n) is 7.67. The number of carboxylic acids is 1. The van der Waals surface area contributed by atoms with E-state index in [2.05, 4.69) is 29.6 Å². The van der Waals surface area contributed by atoms with Crippen LogP contribution in [0.5, 0.6) is 0 Å². The van der Waals surface area contributed by atoms with Crippen molar-refractivity contribution >= 4 is 18.0 Å². The summed E-state index contributed by atoms with van der Waals surface area (Å²) >= 11 is 0. The quantitative estimate of drug-likeness (QED) is 0.512. The maximum atomic E-state index is 13.6. The number of hydrogen-bond acceptors (Lipinski definition) is 4. The number of carbonyl (C=O) groups excluding carboxylic acids is 2. The lowest BCUT2D eigenvalue weighted by molar-refractivity contribution is -0.155. The number of carboxylic acid groups (broad SMARTS) is 1. The second-order valence-electron chi connectivity index (χ2n) is 9.62. The molecule has 1 unspecified atom stereocenters. The van der Waals surface area contributed by atoms with Crippen molar-refractivity contribution in [1.82, 2.24) is 10.2 Å². The maximum absolute atomic E-state index is 13.6. The summed E-state index contributed by atoms with van der Waals surface area (Å²) in [6.45, 7) is 5.65. The molecule has 0 aliphatic heterocycles. The van der Waals surface area contributed by atoms with Crippen LogP contribution in [0.3, 0.4) is 0 Å². The molecule has 2 aliphatic rings. The van der Waals surface area contributed by atoms with Crippen molar-refractivity contribution in [3.05, 3.63) is 59.7 Å². The van der Waals surface area contributed by atoms with Crippen molar-refractivity contribution in [1.29, 1.82) is 0 Å². The SMILES string of the molecule is CCC(CC)(CNC(=O)OCC1c2ccccc2-c2ccccc21)C(=O)N(C1CC1)C(C)C(=O)O. The molecule has 4 rings (SSSR count). The normalized spacial score (nSPS) is 15.6. The van der Waals surface area contributed by atoms with Crippen LogP contribution in [0.25, 0.3) is 11.1 Å². The van der Waals surface area contributed by atoms with Gasteiger partial charge in [-0.2, -0.15) is 0 Å². The van der Waals surface area contributed by atoms with Crippen molar-refractivity contribution in [3.63, 3.8) is 0 Å². The fourth-order valence-corrected chi connectivity index (χ4v) is 5.17. The summed E-state index contributed by atoms with van der Waals surface area (Å²) in [5, 5.41) is 12.3. The molecule has 1 saturated carbocycles. The third-order valence-corrected chi connectivity index (χ3v) is 7.67. The van der Waals surface area contributed by atoms with Gasteiger partial charge in [-0.15, -0.1) is 0 Å². The molecular weight excluding hydrogens is 444 g/mol. The first-order valence-corrected chi connectivity index (χ1v) is 12.5. The molecule has 1 fully saturated rings. The van der Waals surface area contributed by atoms with E-state index in [4.69, 9.17) is 4.74 Å². The monoisotopic (exact) mass is 478 g/mol. The largest absolute Gasteiger partial charge is 0.480 e. The minimum Gasteiger partial charge on any atom is -0.480 e. The number of aliphatic carboxylic acids is 1. The summed E-state index contributed by atoms with van der Waals surface area (Å²) in [7, 11) is 0. The Morgan fingerprint density at radius 2 is 1.57 bits per heavy atom. The topological polar surface area (TPSA) is 95.9 Å². The zero-order valence-corrected chi connectivity index (χ0v) is 20.6. The number of nitrogens with zero attached hydrogens (tertiary/aromatic N) is 1. The molecule has 0 bridgehead atoms. The average molecular weight is 479 g/mol. The van der Waals surface area contributed by atoms with Gasteiger partial charge in [0.05, 0.1) is 5.41 Å². The third kappa shape index (κ3) is 4.77. The molecule has 186 valence electrons. The lowest BCUT2D eigenvalue weighted by Crippen LogP contribution is -2.54. The fourth-order valence-electron chi connectivity index (χ4n) is 5.17. The van der Waals surface area contributed by atoms with Crippen LogP contribution in [0, 0.1) is 5.41 Å². The van der Waals surface area contributed by atoms with E-state index < -0.39 is 23.5 Å². The molecule has 0 saturated heterocycles. The van der Waals surface area contributed by atoms with E-state index in [9.17, 15) is 19.5 Å². The van der Waals surface area contributed by atoms with Gasteiger partial charge in [-0.05, 0) is 54.9 Å². The lowest BCUT2D eigenvalue weighted by atomic mass is 9.80. The Morgan fingerprint density at radius 1 is 1.03 bits per heavy atom. The van der Waals surface area contributed by atoms with Crippen molar-refractivity contribution in [2.75, 3.05) is 13.2 Å². The van der Waals surface area contributed by atoms with E-state index in [1.54, 1.807) is 6.92 Å². The standard InChI is InChI=1S/C28H34N2O5/c1-4-28(5-2,26(33)30(19-14-15-19)18(3)25(31)32)17-29-27(34)35-16-24-22-12-8-6-10-20(22)21-11-7-9-13-23(21)24/h6-13,18-19,24H,4-5,14-17H2,1-3H3,(H,29,34)(H,31,32). The summed E-state index contributed by atoms with van der Waals surface area (Å²) < 4.78 is 5.64. The first-order valence-electron chi connectivity index (χ1n) is 12.5. The number of amides is 2. The van der Waals surface area contributed by atoms with Crippen LogP contribution in [-0.2, 0) is 14.3 Å². The van der Waals surface area contributed by atoms with E-state index in [1.807, 2.05) is 38.1 Å². The van der Waals surface area contributed by atoms with E-state index in [0.717, 1.165) is 35.1 Å². The van der Waals surface area contributed by atoms with E-state index in [-0.39, 0.29) is 31.0 Å². The second kappa shape index (κ2) is 10.1. The lowest BCUT2D eigenvalue weighted by Gasteiger charge is -2.38. The highest BCUT2D eigenvalue weighted by atomic mass is 16.5. The van der Waals surface area contributed by atoms with Gasteiger partial charge < -0.3 is 20.1 Å². The Labute approximate surface area is 206 Å². The first-order chi connectivity index (χ1) is 16.8. The molecule has 0 aromatic heterocycles. The Morgan fingerprint density at radius 3 is 2.06 bits per heavy atom. The number of carbonyl (C=O) groups is 3. The van der Waals surface area contributed by atoms with Gasteiger partial charge in [-0.3, -0.25) is 4.79 Å². The smallest absolute Gasteiger partial charge is 0.407 e.